The zero-order valence-corrected chi connectivity index (χ0v) is 21.4. The summed E-state index contributed by atoms with van der Waals surface area (Å²) in [5.41, 5.74) is 3.61. The summed E-state index contributed by atoms with van der Waals surface area (Å²) in [5, 5.41) is 12.6. The Hall–Kier alpha value is -3.89. The van der Waals surface area contributed by atoms with Crippen molar-refractivity contribution in [2.75, 3.05) is 20.8 Å². The Morgan fingerprint density at radius 1 is 1.11 bits per heavy atom. The van der Waals surface area contributed by atoms with Crippen LogP contribution in [0.4, 0.5) is 0 Å². The Balaban J connectivity index is 1.53. The molecule has 0 N–H and O–H groups in total. The molecule has 10 nitrogen and oxygen atoms in total. The highest BCUT2D eigenvalue weighted by molar-refractivity contribution is 6.30. The second-order valence-corrected chi connectivity index (χ2v) is 8.75. The van der Waals surface area contributed by atoms with Gasteiger partial charge in [-0.1, -0.05) is 23.7 Å². The van der Waals surface area contributed by atoms with E-state index in [0.717, 1.165) is 22.5 Å². The maximum Gasteiger partial charge on any atom is 0.380 e. The van der Waals surface area contributed by atoms with Crippen LogP contribution in [-0.2, 0) is 16.0 Å². The molecule has 2 aromatic heterocycles. The summed E-state index contributed by atoms with van der Waals surface area (Å²) in [6, 6.07) is 15.5. The first kappa shape index (κ1) is 24.8. The normalized spacial score (nSPS) is 16.4. The van der Waals surface area contributed by atoms with Gasteiger partial charge in [0.2, 0.25) is 0 Å². The fraction of sp³-hybridized carbons (Fsp3) is 0.308. The molecule has 1 aliphatic rings. The van der Waals surface area contributed by atoms with Gasteiger partial charge in [-0.25, -0.2) is 4.79 Å². The topological polar surface area (TPSA) is 103 Å². The molecule has 0 aliphatic carbocycles. The minimum absolute atomic E-state index is 0.0759. The van der Waals surface area contributed by atoms with Crippen LogP contribution in [-0.4, -0.2) is 51.6 Å². The van der Waals surface area contributed by atoms with Gasteiger partial charge in [-0.15, -0.1) is 10.2 Å². The summed E-state index contributed by atoms with van der Waals surface area (Å²) in [6.45, 7) is 2.32. The highest BCUT2D eigenvalue weighted by Crippen LogP contribution is 2.46. The van der Waals surface area contributed by atoms with Crippen molar-refractivity contribution in [1.82, 2.24) is 24.8 Å². The number of carbonyl (C=O) groups is 1. The van der Waals surface area contributed by atoms with Crippen LogP contribution in [0.5, 0.6) is 11.5 Å². The average Bonchev–Trinajstić information content (AvgIpc) is 3.57. The number of carbonyl (C=O) groups excluding carboxylic acids is 1. The van der Waals surface area contributed by atoms with E-state index in [1.54, 1.807) is 21.1 Å². The molecule has 2 atom stereocenters. The number of hydrogen-bond acceptors (Lipinski definition) is 8. The van der Waals surface area contributed by atoms with E-state index in [2.05, 4.69) is 20.0 Å². The lowest BCUT2D eigenvalue weighted by molar-refractivity contribution is -0.00234. The summed E-state index contributed by atoms with van der Waals surface area (Å²) in [6.07, 6.45) is 1.63. The van der Waals surface area contributed by atoms with Gasteiger partial charge in [-0.2, -0.15) is 4.80 Å². The molecule has 3 heterocycles. The van der Waals surface area contributed by atoms with Crippen LogP contribution in [0.15, 0.2) is 54.7 Å². The van der Waals surface area contributed by atoms with Gasteiger partial charge in [-0.3, -0.25) is 0 Å². The van der Waals surface area contributed by atoms with Gasteiger partial charge < -0.3 is 23.5 Å². The molecule has 37 heavy (non-hydrogen) atoms. The Morgan fingerprint density at radius 3 is 2.76 bits per heavy atom. The number of fused-ring (bicyclic) bond motifs is 3. The minimum Gasteiger partial charge on any atom is -0.493 e. The van der Waals surface area contributed by atoms with Crippen molar-refractivity contribution in [3.05, 3.63) is 82.4 Å². The molecule has 11 heteroatoms. The van der Waals surface area contributed by atoms with Crippen molar-refractivity contribution in [2.24, 2.45) is 0 Å². The molecule has 4 aromatic rings. The lowest BCUT2D eigenvalue weighted by atomic mass is 9.98. The Morgan fingerprint density at radius 2 is 1.97 bits per heavy atom. The fourth-order valence-electron chi connectivity index (χ4n) is 4.56. The van der Waals surface area contributed by atoms with Gasteiger partial charge in [0.15, 0.2) is 11.5 Å². The molecule has 2 aromatic carbocycles. The molecular weight excluding hydrogens is 498 g/mol. The van der Waals surface area contributed by atoms with Crippen LogP contribution in [0, 0.1) is 0 Å². The lowest BCUT2D eigenvalue weighted by Gasteiger charge is -2.25. The predicted molar refractivity (Wildman–Crippen MR) is 134 cm³/mol. The van der Waals surface area contributed by atoms with Crippen LogP contribution in [0.2, 0.25) is 5.02 Å². The number of halogens is 1. The number of nitrogens with zero attached hydrogens (tertiary/aromatic N) is 5. The summed E-state index contributed by atoms with van der Waals surface area (Å²) in [7, 11) is 3.21. The van der Waals surface area contributed by atoms with Crippen molar-refractivity contribution >= 4 is 17.6 Å². The molecule has 0 fully saturated rings. The minimum atomic E-state index is -0.606. The van der Waals surface area contributed by atoms with E-state index in [1.807, 2.05) is 54.7 Å². The number of methoxy groups -OCH3 is 2. The second kappa shape index (κ2) is 10.6. The number of ether oxygens (including phenoxy) is 4. The fourth-order valence-corrected chi connectivity index (χ4v) is 4.74. The molecule has 1 aliphatic heterocycles. The number of hydrogen-bond donors (Lipinski definition) is 0. The molecular formula is C26H26ClN5O5. The highest BCUT2D eigenvalue weighted by atomic mass is 35.5. The van der Waals surface area contributed by atoms with Gasteiger partial charge in [0.05, 0.1) is 38.8 Å². The third-order valence-electron chi connectivity index (χ3n) is 6.16. The summed E-state index contributed by atoms with van der Waals surface area (Å²) in [5.74, 6) is 0.507. The van der Waals surface area contributed by atoms with Crippen LogP contribution < -0.4 is 9.47 Å². The average molecular weight is 524 g/mol. The zero-order valence-electron chi connectivity index (χ0n) is 20.6. The summed E-state index contributed by atoms with van der Waals surface area (Å²) < 4.78 is 25.2. The van der Waals surface area contributed by atoms with Crippen molar-refractivity contribution in [3.63, 3.8) is 0 Å². The van der Waals surface area contributed by atoms with E-state index >= 15 is 0 Å². The Kier molecular flexibility index (Phi) is 7.11. The molecule has 0 spiro atoms. The SMILES string of the molecule is CCOC(=O)c1nnn(CC[C@H]2O[C@H](c3cccc(OC)c3OC)c3cc(Cl)ccc3-n3cccc32)n1. The molecule has 0 saturated heterocycles. The molecule has 0 radical (unpaired) electrons. The molecule has 192 valence electrons. The molecule has 0 amide bonds. The first-order chi connectivity index (χ1) is 18.0. The van der Waals surface area contributed by atoms with Gasteiger partial charge in [0, 0.05) is 28.8 Å². The van der Waals surface area contributed by atoms with Gasteiger partial charge in [-0.05, 0) is 48.5 Å². The van der Waals surface area contributed by atoms with Crippen LogP contribution in [0.1, 0.15) is 53.0 Å². The Bertz CT molecular complexity index is 1420. The molecule has 0 saturated carbocycles. The summed E-state index contributed by atoms with van der Waals surface area (Å²) in [4.78, 5) is 13.3. The smallest absolute Gasteiger partial charge is 0.380 e. The second-order valence-electron chi connectivity index (χ2n) is 8.31. The number of benzene rings is 2. The third-order valence-corrected chi connectivity index (χ3v) is 6.40. The van der Waals surface area contributed by atoms with Gasteiger partial charge in [0.1, 0.15) is 12.2 Å². The number of tetrazole rings is 1. The predicted octanol–water partition coefficient (Wildman–Crippen LogP) is 4.56. The first-order valence-corrected chi connectivity index (χ1v) is 12.2. The number of rotatable bonds is 8. The number of esters is 1. The molecule has 0 unspecified atom stereocenters. The Labute approximate surface area is 218 Å². The van der Waals surface area contributed by atoms with E-state index in [9.17, 15) is 4.79 Å². The van der Waals surface area contributed by atoms with Crippen molar-refractivity contribution in [2.45, 2.75) is 32.1 Å². The van der Waals surface area contributed by atoms with E-state index in [-0.39, 0.29) is 18.5 Å². The lowest BCUT2D eigenvalue weighted by Crippen LogP contribution is -2.15. The van der Waals surface area contributed by atoms with Gasteiger partial charge in [0.25, 0.3) is 5.82 Å². The number of para-hydroxylation sites is 1. The van der Waals surface area contributed by atoms with Crippen LogP contribution in [0.3, 0.4) is 0 Å². The maximum atomic E-state index is 11.9. The number of aromatic nitrogens is 5. The number of aryl methyl sites for hydroxylation is 1. The zero-order chi connectivity index (χ0) is 25.9. The van der Waals surface area contributed by atoms with E-state index < -0.39 is 12.1 Å². The third kappa shape index (κ3) is 4.77. The largest absolute Gasteiger partial charge is 0.493 e. The monoisotopic (exact) mass is 523 g/mol. The molecule has 5 rings (SSSR count). The van der Waals surface area contributed by atoms with Crippen LogP contribution >= 0.6 is 11.6 Å². The van der Waals surface area contributed by atoms with Crippen LogP contribution in [0.25, 0.3) is 5.69 Å². The standard InChI is InChI=1S/C26H26ClN5O5/c1-4-36-26(33)25-28-30-32(29-25)14-12-21-20-8-6-13-31(20)19-11-10-16(27)15-18(19)23(37-21)17-7-5-9-22(34-2)24(17)35-3/h5-11,13,15,21,23H,4,12,14H2,1-3H3/t21-,23-/m1/s1. The molecule has 0 bridgehead atoms. The maximum absolute atomic E-state index is 11.9. The van der Waals surface area contributed by atoms with E-state index in [0.29, 0.717) is 29.5 Å². The van der Waals surface area contributed by atoms with Crippen molar-refractivity contribution in [3.8, 4) is 17.2 Å². The van der Waals surface area contributed by atoms with E-state index in [1.165, 1.54) is 4.80 Å². The van der Waals surface area contributed by atoms with E-state index in [4.69, 9.17) is 30.5 Å². The first-order valence-electron chi connectivity index (χ1n) is 11.8. The quantitative estimate of drug-likeness (QED) is 0.310. The summed E-state index contributed by atoms with van der Waals surface area (Å²) >= 11 is 6.46. The van der Waals surface area contributed by atoms with Gasteiger partial charge >= 0.3 is 5.97 Å². The van der Waals surface area contributed by atoms with Crippen molar-refractivity contribution in [1.29, 1.82) is 0 Å². The van der Waals surface area contributed by atoms with Crippen molar-refractivity contribution < 1.29 is 23.7 Å². The highest BCUT2D eigenvalue weighted by Gasteiger charge is 2.33.